The Kier molecular flexibility index (Phi) is 6.88. The van der Waals surface area contributed by atoms with Gasteiger partial charge in [-0.2, -0.15) is 0 Å². The number of hydrogen-bond acceptors (Lipinski definition) is 7. The van der Waals surface area contributed by atoms with E-state index in [1.165, 1.54) is 11.3 Å². The quantitative estimate of drug-likeness (QED) is 0.733. The first kappa shape index (κ1) is 19.8. The van der Waals surface area contributed by atoms with Crippen LogP contribution in [0.4, 0.5) is 5.13 Å². The zero-order chi connectivity index (χ0) is 18.6. The Morgan fingerprint density at radius 3 is 2.84 bits per heavy atom. The number of anilines is 1. The molecule has 1 aromatic rings. The van der Waals surface area contributed by atoms with Crippen LogP contribution in [0.2, 0.25) is 0 Å². The van der Waals surface area contributed by atoms with Crippen molar-refractivity contribution in [1.29, 1.82) is 0 Å². The number of rotatable bonds is 7. The number of thiazole rings is 1. The molecule has 1 saturated heterocycles. The van der Waals surface area contributed by atoms with Gasteiger partial charge in [-0.15, -0.1) is 11.3 Å². The number of nitrogens with one attached hydrogen (secondary N) is 1. The number of nitrogens with zero attached hydrogens (tertiary/aromatic N) is 3. The first-order valence-electron chi connectivity index (χ1n) is 8.27. The molecule has 0 spiro atoms. The van der Waals surface area contributed by atoms with E-state index in [0.29, 0.717) is 31.4 Å². The third-order valence-electron chi connectivity index (χ3n) is 4.28. The summed E-state index contributed by atoms with van der Waals surface area (Å²) in [6.45, 7) is 8.04. The SMILES string of the molecule is Cc1nc(NC(=O)C(C)N2CCOC(CN(C)CC(=O)O)C2)sc1C. The standard InChI is InChI=1S/C16H26N4O4S/c1-10-12(3)25-16(17-10)18-15(23)11(2)20-5-6-24-13(8-20)7-19(4)9-14(21)22/h11,13H,5-9H2,1-4H3,(H,21,22)(H,17,18,23). The Morgan fingerprint density at radius 1 is 1.52 bits per heavy atom. The molecule has 0 aromatic carbocycles. The topological polar surface area (TPSA) is 95.0 Å². The predicted molar refractivity (Wildman–Crippen MR) is 96.1 cm³/mol. The van der Waals surface area contributed by atoms with Crippen LogP contribution in [0.3, 0.4) is 0 Å². The number of carboxylic acid groups (broad SMARTS) is 1. The highest BCUT2D eigenvalue weighted by molar-refractivity contribution is 7.15. The number of carboxylic acids is 1. The molecule has 2 atom stereocenters. The third kappa shape index (κ3) is 5.74. The first-order chi connectivity index (χ1) is 11.8. The summed E-state index contributed by atoms with van der Waals surface area (Å²) in [5.41, 5.74) is 0.931. The highest BCUT2D eigenvalue weighted by Crippen LogP contribution is 2.21. The highest BCUT2D eigenvalue weighted by atomic mass is 32.1. The maximum Gasteiger partial charge on any atom is 0.317 e. The maximum atomic E-state index is 12.5. The van der Waals surface area contributed by atoms with Gasteiger partial charge in [0.25, 0.3) is 0 Å². The highest BCUT2D eigenvalue weighted by Gasteiger charge is 2.29. The second-order valence-corrected chi connectivity index (χ2v) is 7.61. The van der Waals surface area contributed by atoms with Gasteiger partial charge in [0.15, 0.2) is 5.13 Å². The number of ether oxygens (including phenoxy) is 1. The van der Waals surface area contributed by atoms with Gasteiger partial charge in [-0.25, -0.2) is 4.98 Å². The fourth-order valence-corrected chi connectivity index (χ4v) is 3.57. The van der Waals surface area contributed by atoms with E-state index in [2.05, 4.69) is 15.2 Å². The van der Waals surface area contributed by atoms with Crippen LogP contribution in [-0.4, -0.2) is 83.7 Å². The summed E-state index contributed by atoms with van der Waals surface area (Å²) in [6.07, 6.45) is -0.113. The van der Waals surface area contributed by atoms with Crippen molar-refractivity contribution in [2.45, 2.75) is 32.9 Å². The summed E-state index contributed by atoms with van der Waals surface area (Å²) in [4.78, 5) is 32.5. The molecule has 9 heteroatoms. The van der Waals surface area contributed by atoms with Crippen molar-refractivity contribution in [1.82, 2.24) is 14.8 Å². The number of carbonyl (C=O) groups is 2. The molecule has 140 valence electrons. The summed E-state index contributed by atoms with van der Waals surface area (Å²) in [7, 11) is 1.75. The van der Waals surface area contributed by atoms with Crippen molar-refractivity contribution in [2.75, 3.05) is 45.2 Å². The van der Waals surface area contributed by atoms with E-state index in [4.69, 9.17) is 9.84 Å². The number of likely N-dealkylation sites (N-methyl/N-ethyl adjacent to an activating group) is 1. The molecule has 8 nitrogen and oxygen atoms in total. The monoisotopic (exact) mass is 370 g/mol. The van der Waals surface area contributed by atoms with Gasteiger partial charge >= 0.3 is 5.97 Å². The zero-order valence-corrected chi connectivity index (χ0v) is 15.9. The summed E-state index contributed by atoms with van der Waals surface area (Å²) < 4.78 is 5.71. The maximum absolute atomic E-state index is 12.5. The molecule has 1 aliphatic rings. The van der Waals surface area contributed by atoms with Crippen LogP contribution in [0.1, 0.15) is 17.5 Å². The summed E-state index contributed by atoms with van der Waals surface area (Å²) in [5.74, 6) is -0.953. The predicted octanol–water partition coefficient (Wildman–Crippen LogP) is 0.804. The number of aromatic nitrogens is 1. The van der Waals surface area contributed by atoms with Crippen molar-refractivity contribution >= 4 is 28.3 Å². The second-order valence-electron chi connectivity index (χ2n) is 6.40. The molecule has 0 radical (unpaired) electrons. The Labute approximate surface area is 151 Å². The van der Waals surface area contributed by atoms with Crippen molar-refractivity contribution in [3.8, 4) is 0 Å². The van der Waals surface area contributed by atoms with Crippen LogP contribution >= 0.6 is 11.3 Å². The lowest BCUT2D eigenvalue weighted by molar-refractivity contribution is -0.138. The van der Waals surface area contributed by atoms with Crippen molar-refractivity contribution < 1.29 is 19.4 Å². The number of hydrogen-bond donors (Lipinski definition) is 2. The summed E-state index contributed by atoms with van der Waals surface area (Å²) in [6, 6.07) is -0.305. The van der Waals surface area contributed by atoms with Gasteiger partial charge in [-0.1, -0.05) is 0 Å². The Morgan fingerprint density at radius 2 is 2.24 bits per heavy atom. The van der Waals surface area contributed by atoms with E-state index in [0.717, 1.165) is 10.6 Å². The van der Waals surface area contributed by atoms with Crippen LogP contribution < -0.4 is 5.32 Å². The minimum Gasteiger partial charge on any atom is -0.480 e. The Balaban J connectivity index is 1.88. The van der Waals surface area contributed by atoms with E-state index in [9.17, 15) is 9.59 Å². The van der Waals surface area contributed by atoms with Crippen molar-refractivity contribution in [3.63, 3.8) is 0 Å². The molecule has 2 heterocycles. The molecule has 0 bridgehead atoms. The Hall–Kier alpha value is -1.55. The second kappa shape index (κ2) is 8.70. The molecule has 2 unspecified atom stereocenters. The van der Waals surface area contributed by atoms with E-state index in [-0.39, 0.29) is 24.6 Å². The van der Waals surface area contributed by atoms with E-state index in [1.54, 1.807) is 11.9 Å². The van der Waals surface area contributed by atoms with E-state index < -0.39 is 5.97 Å². The van der Waals surface area contributed by atoms with E-state index in [1.807, 2.05) is 20.8 Å². The first-order valence-corrected chi connectivity index (χ1v) is 9.08. The molecule has 25 heavy (non-hydrogen) atoms. The molecule has 1 amide bonds. The van der Waals surface area contributed by atoms with Crippen LogP contribution in [0.15, 0.2) is 0 Å². The van der Waals surface area contributed by atoms with Gasteiger partial charge in [0, 0.05) is 24.5 Å². The smallest absolute Gasteiger partial charge is 0.317 e. The minimum absolute atomic E-state index is 0.0291. The number of carbonyl (C=O) groups excluding carboxylic acids is 1. The van der Waals surface area contributed by atoms with Gasteiger partial charge < -0.3 is 15.2 Å². The molecular formula is C16H26N4O4S. The van der Waals surface area contributed by atoms with Gasteiger partial charge in [-0.3, -0.25) is 19.4 Å². The molecular weight excluding hydrogens is 344 g/mol. The molecule has 2 N–H and O–H groups in total. The van der Waals surface area contributed by atoms with Gasteiger partial charge in [0.2, 0.25) is 5.91 Å². The molecule has 1 aliphatic heterocycles. The zero-order valence-electron chi connectivity index (χ0n) is 15.1. The van der Waals surface area contributed by atoms with Gasteiger partial charge in [0.1, 0.15) is 0 Å². The summed E-state index contributed by atoms with van der Waals surface area (Å²) in [5, 5.41) is 12.3. The van der Waals surface area contributed by atoms with Gasteiger partial charge in [-0.05, 0) is 27.8 Å². The molecule has 0 saturated carbocycles. The molecule has 1 fully saturated rings. The van der Waals surface area contributed by atoms with Crippen molar-refractivity contribution in [2.24, 2.45) is 0 Å². The Bertz CT molecular complexity index is 602. The van der Waals surface area contributed by atoms with Crippen LogP contribution in [0, 0.1) is 13.8 Å². The number of amides is 1. The normalized spacial score (nSPS) is 19.8. The fourth-order valence-electron chi connectivity index (χ4n) is 2.75. The number of aliphatic carboxylic acids is 1. The lowest BCUT2D eigenvalue weighted by atomic mass is 10.2. The largest absolute Gasteiger partial charge is 0.480 e. The average molecular weight is 370 g/mol. The third-order valence-corrected chi connectivity index (χ3v) is 5.26. The minimum atomic E-state index is -0.864. The van der Waals surface area contributed by atoms with Crippen LogP contribution in [0.5, 0.6) is 0 Å². The molecule has 2 rings (SSSR count). The van der Waals surface area contributed by atoms with Crippen LogP contribution in [-0.2, 0) is 14.3 Å². The number of morpholine rings is 1. The summed E-state index contributed by atoms with van der Waals surface area (Å²) >= 11 is 1.47. The van der Waals surface area contributed by atoms with Gasteiger partial charge in [0.05, 0.1) is 31.0 Å². The van der Waals surface area contributed by atoms with Crippen molar-refractivity contribution in [3.05, 3.63) is 10.6 Å². The lowest BCUT2D eigenvalue weighted by Crippen LogP contribution is -2.53. The lowest BCUT2D eigenvalue weighted by Gasteiger charge is -2.37. The number of aryl methyl sites for hydroxylation is 2. The molecule has 0 aliphatic carbocycles. The average Bonchev–Trinajstić information content (AvgIpc) is 2.83. The fraction of sp³-hybridized carbons (Fsp3) is 0.688. The molecule has 1 aromatic heterocycles. The van der Waals surface area contributed by atoms with Crippen LogP contribution in [0.25, 0.3) is 0 Å². The van der Waals surface area contributed by atoms with E-state index >= 15 is 0 Å².